The highest BCUT2D eigenvalue weighted by atomic mass is 79.9. The minimum atomic E-state index is -0.842. The van der Waals surface area contributed by atoms with E-state index in [4.69, 9.17) is 19.3 Å². The Morgan fingerprint density at radius 1 is 1.61 bits per heavy atom. The molecule has 0 spiro atoms. The molecule has 1 heterocycles. The molecule has 0 aliphatic carbocycles. The predicted molar refractivity (Wildman–Crippen MR) is 67.3 cm³/mol. The average molecular weight is 317 g/mol. The van der Waals surface area contributed by atoms with Gasteiger partial charge in [0.2, 0.25) is 6.79 Å². The monoisotopic (exact) mass is 316 g/mol. The Labute approximate surface area is 113 Å². The van der Waals surface area contributed by atoms with Crippen LogP contribution in [0.5, 0.6) is 17.2 Å². The van der Waals surface area contributed by atoms with Crippen LogP contribution in [0, 0.1) is 5.92 Å². The number of ether oxygens (including phenoxy) is 3. The Kier molecular flexibility index (Phi) is 3.65. The Balaban J connectivity index is 2.40. The van der Waals surface area contributed by atoms with Crippen LogP contribution in [0.3, 0.4) is 0 Å². The standard InChI is InChI=1S/C12H13BrO5/c1-6(12(14)15)3-7-4-8-11(18-5-17-8)9(13)10(7)16-2/h4,6H,3,5H2,1-2H3,(H,14,15). The molecule has 5 nitrogen and oxygen atoms in total. The highest BCUT2D eigenvalue weighted by Gasteiger charge is 2.25. The molecule has 1 aromatic rings. The second kappa shape index (κ2) is 5.06. The maximum atomic E-state index is 10.9. The second-order valence-electron chi connectivity index (χ2n) is 4.06. The molecule has 18 heavy (non-hydrogen) atoms. The van der Waals surface area contributed by atoms with Crippen molar-refractivity contribution < 1.29 is 24.1 Å². The highest BCUT2D eigenvalue weighted by Crippen LogP contribution is 2.47. The van der Waals surface area contributed by atoms with Gasteiger partial charge in [-0.2, -0.15) is 0 Å². The largest absolute Gasteiger partial charge is 0.495 e. The van der Waals surface area contributed by atoms with Gasteiger partial charge in [0.05, 0.1) is 13.0 Å². The number of carboxylic acid groups (broad SMARTS) is 1. The van der Waals surface area contributed by atoms with Crippen molar-refractivity contribution in [3.8, 4) is 17.2 Å². The van der Waals surface area contributed by atoms with E-state index in [1.807, 2.05) is 0 Å². The molecule has 0 bridgehead atoms. The summed E-state index contributed by atoms with van der Waals surface area (Å²) in [5.41, 5.74) is 0.781. The number of carboxylic acids is 1. The number of halogens is 1. The molecular formula is C12H13BrO5. The fourth-order valence-corrected chi connectivity index (χ4v) is 2.55. The third-order valence-electron chi connectivity index (χ3n) is 2.79. The summed E-state index contributed by atoms with van der Waals surface area (Å²) >= 11 is 3.39. The fraction of sp³-hybridized carbons (Fsp3) is 0.417. The normalized spacial score (nSPS) is 14.4. The van der Waals surface area contributed by atoms with Gasteiger partial charge in [0.25, 0.3) is 0 Å². The van der Waals surface area contributed by atoms with Gasteiger partial charge in [-0.3, -0.25) is 4.79 Å². The van der Waals surface area contributed by atoms with Gasteiger partial charge < -0.3 is 19.3 Å². The minimum Gasteiger partial charge on any atom is -0.495 e. The number of methoxy groups -OCH3 is 1. The summed E-state index contributed by atoms with van der Waals surface area (Å²) in [5.74, 6) is 0.457. The number of carbonyl (C=O) groups is 1. The third-order valence-corrected chi connectivity index (χ3v) is 3.51. The molecule has 1 aromatic carbocycles. The molecule has 0 saturated heterocycles. The van der Waals surface area contributed by atoms with Crippen molar-refractivity contribution in [2.75, 3.05) is 13.9 Å². The van der Waals surface area contributed by atoms with E-state index in [1.54, 1.807) is 13.0 Å². The smallest absolute Gasteiger partial charge is 0.306 e. The molecule has 1 N–H and O–H groups in total. The van der Waals surface area contributed by atoms with Gasteiger partial charge in [0.1, 0.15) is 10.2 Å². The lowest BCUT2D eigenvalue weighted by Crippen LogP contribution is -2.13. The van der Waals surface area contributed by atoms with Crippen molar-refractivity contribution in [3.05, 3.63) is 16.1 Å². The quantitative estimate of drug-likeness (QED) is 0.924. The van der Waals surface area contributed by atoms with Gasteiger partial charge in [-0.15, -0.1) is 0 Å². The lowest BCUT2D eigenvalue weighted by molar-refractivity contribution is -0.141. The summed E-state index contributed by atoms with van der Waals surface area (Å²) < 4.78 is 16.6. The van der Waals surface area contributed by atoms with Crippen LogP contribution in [0.1, 0.15) is 12.5 Å². The molecule has 6 heteroatoms. The summed E-state index contributed by atoms with van der Waals surface area (Å²) in [6, 6.07) is 1.77. The van der Waals surface area contributed by atoms with E-state index in [9.17, 15) is 4.79 Å². The van der Waals surface area contributed by atoms with Gasteiger partial charge in [0, 0.05) is 5.56 Å². The van der Waals surface area contributed by atoms with Crippen molar-refractivity contribution in [2.24, 2.45) is 5.92 Å². The van der Waals surface area contributed by atoms with Gasteiger partial charge in [-0.1, -0.05) is 6.92 Å². The number of aliphatic carboxylic acids is 1. The van der Waals surface area contributed by atoms with Crippen LogP contribution in [0.4, 0.5) is 0 Å². The molecule has 1 atom stereocenters. The summed E-state index contributed by atoms with van der Waals surface area (Å²) in [6.07, 6.45) is 0.369. The second-order valence-corrected chi connectivity index (χ2v) is 4.85. The maximum Gasteiger partial charge on any atom is 0.306 e. The SMILES string of the molecule is COc1c(CC(C)C(=O)O)cc2c(c1Br)OCO2. The van der Waals surface area contributed by atoms with Gasteiger partial charge >= 0.3 is 5.97 Å². The van der Waals surface area contributed by atoms with Gasteiger partial charge in [0.15, 0.2) is 11.5 Å². The summed E-state index contributed by atoms with van der Waals surface area (Å²) in [7, 11) is 1.54. The van der Waals surface area contributed by atoms with E-state index in [2.05, 4.69) is 15.9 Å². The van der Waals surface area contributed by atoms with E-state index in [0.717, 1.165) is 5.56 Å². The summed E-state index contributed by atoms with van der Waals surface area (Å²) in [5, 5.41) is 8.96. The van der Waals surface area contributed by atoms with Crippen LogP contribution in [-0.2, 0) is 11.2 Å². The Bertz CT molecular complexity index is 486. The fourth-order valence-electron chi connectivity index (χ4n) is 1.82. The zero-order chi connectivity index (χ0) is 13.3. The first-order valence-electron chi connectivity index (χ1n) is 5.42. The molecule has 2 rings (SSSR count). The molecule has 0 amide bonds. The topological polar surface area (TPSA) is 65.0 Å². The molecular weight excluding hydrogens is 304 g/mol. The molecule has 1 unspecified atom stereocenters. The summed E-state index contributed by atoms with van der Waals surface area (Å²) in [4.78, 5) is 10.9. The molecule has 0 aromatic heterocycles. The van der Waals surface area contributed by atoms with E-state index < -0.39 is 11.9 Å². The van der Waals surface area contributed by atoms with Crippen LogP contribution in [0.2, 0.25) is 0 Å². The maximum absolute atomic E-state index is 10.9. The number of fused-ring (bicyclic) bond motifs is 1. The zero-order valence-electron chi connectivity index (χ0n) is 10.0. The number of benzene rings is 1. The molecule has 98 valence electrons. The predicted octanol–water partition coefficient (Wildman–Crippen LogP) is 2.45. The Morgan fingerprint density at radius 3 is 2.94 bits per heavy atom. The number of rotatable bonds is 4. The zero-order valence-corrected chi connectivity index (χ0v) is 11.6. The number of hydrogen-bond acceptors (Lipinski definition) is 4. The van der Waals surface area contributed by atoms with E-state index >= 15 is 0 Å². The molecule has 0 fully saturated rings. The lowest BCUT2D eigenvalue weighted by Gasteiger charge is -2.14. The Hall–Kier alpha value is -1.43. The van der Waals surface area contributed by atoms with Crippen LogP contribution in [0.15, 0.2) is 10.5 Å². The summed E-state index contributed by atoms with van der Waals surface area (Å²) in [6.45, 7) is 1.81. The van der Waals surface area contributed by atoms with Crippen molar-refractivity contribution >= 4 is 21.9 Å². The molecule has 1 aliphatic heterocycles. The third kappa shape index (κ3) is 2.25. The van der Waals surface area contributed by atoms with E-state index in [0.29, 0.717) is 28.1 Å². The molecule has 0 saturated carbocycles. The lowest BCUT2D eigenvalue weighted by atomic mass is 10.00. The van der Waals surface area contributed by atoms with Crippen molar-refractivity contribution in [1.29, 1.82) is 0 Å². The van der Waals surface area contributed by atoms with Crippen molar-refractivity contribution in [2.45, 2.75) is 13.3 Å². The van der Waals surface area contributed by atoms with E-state index in [1.165, 1.54) is 7.11 Å². The average Bonchev–Trinajstić information content (AvgIpc) is 2.77. The van der Waals surface area contributed by atoms with Crippen LogP contribution < -0.4 is 14.2 Å². The Morgan fingerprint density at radius 2 is 2.33 bits per heavy atom. The van der Waals surface area contributed by atoms with Crippen LogP contribution >= 0.6 is 15.9 Å². The van der Waals surface area contributed by atoms with E-state index in [-0.39, 0.29) is 6.79 Å². The first-order chi connectivity index (χ1) is 8.54. The first-order valence-corrected chi connectivity index (χ1v) is 6.21. The van der Waals surface area contributed by atoms with Crippen molar-refractivity contribution in [3.63, 3.8) is 0 Å². The van der Waals surface area contributed by atoms with Crippen LogP contribution in [-0.4, -0.2) is 25.0 Å². The first kappa shape index (κ1) is 13.0. The van der Waals surface area contributed by atoms with Crippen molar-refractivity contribution in [1.82, 2.24) is 0 Å². The van der Waals surface area contributed by atoms with Gasteiger partial charge in [-0.25, -0.2) is 0 Å². The molecule has 1 aliphatic rings. The minimum absolute atomic E-state index is 0.162. The van der Waals surface area contributed by atoms with Gasteiger partial charge in [-0.05, 0) is 28.4 Å². The molecule has 0 radical (unpaired) electrons. The van der Waals surface area contributed by atoms with Crippen LogP contribution in [0.25, 0.3) is 0 Å². The highest BCUT2D eigenvalue weighted by molar-refractivity contribution is 9.10. The number of hydrogen-bond donors (Lipinski definition) is 1.